The van der Waals surface area contributed by atoms with Crippen LogP contribution in [0.4, 0.5) is 0 Å². The maximum atomic E-state index is 9.78. The first-order chi connectivity index (χ1) is 8.27. The summed E-state index contributed by atoms with van der Waals surface area (Å²) in [5.74, 6) is 0.222. The first-order valence-corrected chi connectivity index (χ1v) is 5.47. The number of nitrogens with zero attached hydrogens (tertiary/aromatic N) is 2. The van der Waals surface area contributed by atoms with Crippen molar-refractivity contribution in [3.8, 4) is 17.0 Å². The van der Waals surface area contributed by atoms with Gasteiger partial charge in [0.25, 0.3) is 0 Å². The highest BCUT2D eigenvalue weighted by Crippen LogP contribution is 2.31. The lowest BCUT2D eigenvalue weighted by Gasteiger charge is -2.02. The molecule has 84 valence electrons. The normalized spacial score (nSPS) is 10.9. The molecule has 0 unspecified atom stereocenters. The van der Waals surface area contributed by atoms with E-state index in [1.165, 1.54) is 0 Å². The minimum Gasteiger partial charge on any atom is -0.506 e. The summed E-state index contributed by atoms with van der Waals surface area (Å²) >= 11 is 0. The molecule has 0 amide bonds. The second-order valence-corrected chi connectivity index (χ2v) is 4.01. The number of aromatic hydroxyl groups is 1. The molecular formula is C14H12N2O. The fourth-order valence-electron chi connectivity index (χ4n) is 2.14. The zero-order valence-corrected chi connectivity index (χ0v) is 9.46. The zero-order valence-electron chi connectivity index (χ0n) is 9.46. The Labute approximate surface area is 98.9 Å². The Morgan fingerprint density at radius 2 is 1.76 bits per heavy atom. The first kappa shape index (κ1) is 9.90. The highest BCUT2D eigenvalue weighted by atomic mass is 16.3. The lowest BCUT2D eigenvalue weighted by molar-refractivity contribution is 0.479. The third-order valence-corrected chi connectivity index (χ3v) is 2.89. The summed E-state index contributed by atoms with van der Waals surface area (Å²) in [5.41, 5.74) is 2.77. The van der Waals surface area contributed by atoms with Crippen molar-refractivity contribution in [1.82, 2.24) is 9.78 Å². The second kappa shape index (κ2) is 3.63. The van der Waals surface area contributed by atoms with Crippen LogP contribution >= 0.6 is 0 Å². The van der Waals surface area contributed by atoms with Crippen molar-refractivity contribution in [2.75, 3.05) is 0 Å². The Morgan fingerprint density at radius 3 is 2.53 bits per heavy atom. The van der Waals surface area contributed by atoms with Gasteiger partial charge in [0, 0.05) is 18.0 Å². The average Bonchev–Trinajstić information content (AvgIpc) is 2.68. The highest BCUT2D eigenvalue weighted by Gasteiger charge is 2.12. The Morgan fingerprint density at radius 1 is 1.00 bits per heavy atom. The molecule has 2 aromatic carbocycles. The summed E-state index contributed by atoms with van der Waals surface area (Å²) in [6, 6.07) is 15.5. The molecule has 3 rings (SSSR count). The van der Waals surface area contributed by atoms with E-state index in [4.69, 9.17) is 0 Å². The fourth-order valence-corrected chi connectivity index (χ4v) is 2.14. The van der Waals surface area contributed by atoms with Crippen LogP contribution < -0.4 is 0 Å². The van der Waals surface area contributed by atoms with Crippen LogP contribution in [0.2, 0.25) is 0 Å². The summed E-state index contributed by atoms with van der Waals surface area (Å²) in [7, 11) is 1.89. The predicted octanol–water partition coefficient (Wildman–Crippen LogP) is 2.95. The third kappa shape index (κ3) is 1.47. The number of phenols is 1. The Hall–Kier alpha value is -2.29. The number of rotatable bonds is 1. The molecule has 1 heterocycles. The van der Waals surface area contributed by atoms with Crippen LogP contribution in [0.25, 0.3) is 22.2 Å². The van der Waals surface area contributed by atoms with Crippen LogP contribution in [0.15, 0.2) is 48.5 Å². The van der Waals surface area contributed by atoms with Gasteiger partial charge in [-0.3, -0.25) is 4.68 Å². The predicted molar refractivity (Wildman–Crippen MR) is 67.8 cm³/mol. The molecule has 0 saturated heterocycles. The Kier molecular flexibility index (Phi) is 2.11. The van der Waals surface area contributed by atoms with Crippen molar-refractivity contribution in [2.24, 2.45) is 7.05 Å². The van der Waals surface area contributed by atoms with Crippen LogP contribution in [-0.4, -0.2) is 14.9 Å². The van der Waals surface area contributed by atoms with Crippen molar-refractivity contribution in [3.05, 3.63) is 48.5 Å². The standard InChI is InChI=1S/C14H12N2O/c1-16-14(10-6-3-2-4-7-10)11-8-5-9-12(17)13(11)15-16/h2-9,17H,1H3. The first-order valence-electron chi connectivity index (χ1n) is 5.47. The summed E-state index contributed by atoms with van der Waals surface area (Å²) < 4.78 is 1.81. The van der Waals surface area contributed by atoms with Crippen LogP contribution in [-0.2, 0) is 7.05 Å². The van der Waals surface area contributed by atoms with E-state index in [-0.39, 0.29) is 5.75 Å². The van der Waals surface area contributed by atoms with Crippen LogP contribution in [0.5, 0.6) is 5.75 Å². The molecule has 3 heteroatoms. The van der Waals surface area contributed by atoms with Crippen molar-refractivity contribution >= 4 is 10.9 Å². The van der Waals surface area contributed by atoms with Gasteiger partial charge in [-0.25, -0.2) is 0 Å². The minimum atomic E-state index is 0.222. The molecule has 0 fully saturated rings. The molecule has 3 nitrogen and oxygen atoms in total. The van der Waals surface area contributed by atoms with Gasteiger partial charge in [0.1, 0.15) is 11.3 Å². The van der Waals surface area contributed by atoms with E-state index in [1.807, 2.05) is 49.5 Å². The maximum Gasteiger partial charge on any atom is 0.143 e. The Balaban J connectivity index is 2.37. The third-order valence-electron chi connectivity index (χ3n) is 2.89. The molecule has 0 aliphatic carbocycles. The SMILES string of the molecule is Cn1nc2c(O)cccc2c1-c1ccccc1. The quantitative estimate of drug-likeness (QED) is 0.690. The van der Waals surface area contributed by atoms with Crippen LogP contribution in [0, 0.1) is 0 Å². The van der Waals surface area contributed by atoms with E-state index in [9.17, 15) is 5.11 Å². The van der Waals surface area contributed by atoms with Crippen LogP contribution in [0.1, 0.15) is 0 Å². The molecule has 0 spiro atoms. The number of aromatic nitrogens is 2. The van der Waals surface area contributed by atoms with Gasteiger partial charge in [-0.05, 0) is 6.07 Å². The summed E-state index contributed by atoms with van der Waals surface area (Å²) in [6.07, 6.45) is 0. The van der Waals surface area contributed by atoms with Gasteiger partial charge in [-0.2, -0.15) is 5.10 Å². The number of hydrogen-bond donors (Lipinski definition) is 1. The van der Waals surface area contributed by atoms with Gasteiger partial charge in [0.05, 0.1) is 5.69 Å². The summed E-state index contributed by atoms with van der Waals surface area (Å²) in [4.78, 5) is 0. The second-order valence-electron chi connectivity index (χ2n) is 4.01. The smallest absolute Gasteiger partial charge is 0.143 e. The minimum absolute atomic E-state index is 0.222. The number of aryl methyl sites for hydroxylation is 1. The maximum absolute atomic E-state index is 9.78. The monoisotopic (exact) mass is 224 g/mol. The Bertz CT molecular complexity index is 671. The van der Waals surface area contributed by atoms with E-state index in [0.29, 0.717) is 5.52 Å². The van der Waals surface area contributed by atoms with E-state index >= 15 is 0 Å². The van der Waals surface area contributed by atoms with Crippen molar-refractivity contribution < 1.29 is 5.11 Å². The lowest BCUT2D eigenvalue weighted by Crippen LogP contribution is -1.92. The van der Waals surface area contributed by atoms with Crippen LogP contribution in [0.3, 0.4) is 0 Å². The summed E-state index contributed by atoms with van der Waals surface area (Å²) in [5, 5.41) is 15.1. The molecule has 3 aromatic rings. The van der Waals surface area contributed by atoms with Crippen molar-refractivity contribution in [3.63, 3.8) is 0 Å². The van der Waals surface area contributed by atoms with E-state index < -0.39 is 0 Å². The molecular weight excluding hydrogens is 212 g/mol. The fraction of sp³-hybridized carbons (Fsp3) is 0.0714. The van der Waals surface area contributed by atoms with E-state index in [0.717, 1.165) is 16.6 Å². The number of fused-ring (bicyclic) bond motifs is 1. The highest BCUT2D eigenvalue weighted by molar-refractivity contribution is 5.96. The number of hydrogen-bond acceptors (Lipinski definition) is 2. The summed E-state index contributed by atoms with van der Waals surface area (Å²) in [6.45, 7) is 0. The molecule has 1 aromatic heterocycles. The van der Waals surface area contributed by atoms with Gasteiger partial charge < -0.3 is 5.11 Å². The van der Waals surface area contributed by atoms with Crippen molar-refractivity contribution in [1.29, 1.82) is 0 Å². The number of phenolic OH excluding ortho intramolecular Hbond substituents is 1. The van der Waals surface area contributed by atoms with E-state index in [2.05, 4.69) is 5.10 Å². The molecule has 0 atom stereocenters. The molecule has 1 N–H and O–H groups in total. The van der Waals surface area contributed by atoms with Gasteiger partial charge in [0.15, 0.2) is 0 Å². The molecule has 0 aliphatic rings. The lowest BCUT2D eigenvalue weighted by atomic mass is 10.1. The van der Waals surface area contributed by atoms with Gasteiger partial charge >= 0.3 is 0 Å². The topological polar surface area (TPSA) is 38.0 Å². The molecule has 0 aliphatic heterocycles. The molecule has 0 radical (unpaired) electrons. The molecule has 0 bridgehead atoms. The largest absolute Gasteiger partial charge is 0.506 e. The average molecular weight is 224 g/mol. The van der Waals surface area contributed by atoms with Gasteiger partial charge in [-0.15, -0.1) is 0 Å². The molecule has 17 heavy (non-hydrogen) atoms. The molecule has 0 saturated carbocycles. The van der Waals surface area contributed by atoms with Crippen molar-refractivity contribution in [2.45, 2.75) is 0 Å². The number of benzene rings is 2. The van der Waals surface area contributed by atoms with Gasteiger partial charge in [0.2, 0.25) is 0 Å². The zero-order chi connectivity index (χ0) is 11.8. The van der Waals surface area contributed by atoms with E-state index in [1.54, 1.807) is 10.7 Å². The van der Waals surface area contributed by atoms with Gasteiger partial charge in [-0.1, -0.05) is 42.5 Å².